The second kappa shape index (κ2) is 12.2. The van der Waals surface area contributed by atoms with Crippen molar-refractivity contribution in [3.8, 4) is 17.0 Å². The summed E-state index contributed by atoms with van der Waals surface area (Å²) >= 11 is 0. The topological polar surface area (TPSA) is 110 Å². The van der Waals surface area contributed by atoms with Crippen molar-refractivity contribution in [2.24, 2.45) is 5.92 Å². The number of carbonyl (C=O) groups is 2. The maximum Gasteiger partial charge on any atom is 0.258 e. The maximum atomic E-state index is 14.8. The molecule has 0 saturated heterocycles. The summed E-state index contributed by atoms with van der Waals surface area (Å²) in [4.78, 5) is 34.9. The van der Waals surface area contributed by atoms with Crippen LogP contribution >= 0.6 is 0 Å². The number of anilines is 2. The van der Waals surface area contributed by atoms with E-state index in [1.54, 1.807) is 20.0 Å². The number of aromatic nitrogens is 2. The highest BCUT2D eigenvalue weighted by Crippen LogP contribution is 2.40. The van der Waals surface area contributed by atoms with Gasteiger partial charge >= 0.3 is 0 Å². The Labute approximate surface area is 232 Å². The summed E-state index contributed by atoms with van der Waals surface area (Å²) in [6, 6.07) is 6.99. The Morgan fingerprint density at radius 1 is 1.20 bits per heavy atom. The molecule has 0 atom stereocenters. The van der Waals surface area contributed by atoms with Gasteiger partial charge in [0.2, 0.25) is 5.91 Å². The number of hydrogen-bond acceptors (Lipinski definition) is 6. The molecule has 0 radical (unpaired) electrons. The monoisotopic (exact) mass is 549 g/mol. The van der Waals surface area contributed by atoms with Gasteiger partial charge in [0.25, 0.3) is 5.91 Å². The van der Waals surface area contributed by atoms with E-state index in [0.717, 1.165) is 24.5 Å². The van der Waals surface area contributed by atoms with Gasteiger partial charge in [-0.2, -0.15) is 0 Å². The number of likely N-dealkylation sites (N-methyl/N-ethyl adjacent to an activating group) is 1. The molecule has 10 heteroatoms. The van der Waals surface area contributed by atoms with Crippen LogP contribution in [0.3, 0.4) is 0 Å². The standard InChI is InChI=1S/C30H33F2N5O3/c1-17(2)5-10-26(38)37(4)11-12-40-28-27(34-16-35-29(28)33)23-14-21(31)15-25(18(23)3)36-30(39)22-9-8-20(13-24(22)32)19-6-7-19/h5,8-10,13-17,19H,6-7,11-12H2,1-4H3,(H,36,39)(H2,33,34,35)/b10-5+. The molecule has 1 aliphatic rings. The molecule has 4 rings (SSSR count). The Kier molecular flexibility index (Phi) is 8.77. The molecule has 3 aromatic rings. The van der Waals surface area contributed by atoms with E-state index in [-0.39, 0.29) is 53.5 Å². The van der Waals surface area contributed by atoms with Gasteiger partial charge in [0.05, 0.1) is 12.1 Å². The van der Waals surface area contributed by atoms with Crippen LogP contribution in [0.4, 0.5) is 20.3 Å². The van der Waals surface area contributed by atoms with Crippen LogP contribution in [-0.4, -0.2) is 46.9 Å². The highest BCUT2D eigenvalue weighted by atomic mass is 19.1. The summed E-state index contributed by atoms with van der Waals surface area (Å²) in [5.74, 6) is -1.40. The van der Waals surface area contributed by atoms with Crippen LogP contribution in [0.1, 0.15) is 54.1 Å². The van der Waals surface area contributed by atoms with Crippen molar-refractivity contribution in [3.63, 3.8) is 0 Å². The van der Waals surface area contributed by atoms with Gasteiger partial charge in [-0.1, -0.05) is 26.0 Å². The second-order valence-corrected chi connectivity index (χ2v) is 10.2. The van der Waals surface area contributed by atoms with Gasteiger partial charge in [0, 0.05) is 18.3 Å². The zero-order valence-electron chi connectivity index (χ0n) is 23.0. The molecule has 0 bridgehead atoms. The van der Waals surface area contributed by atoms with Crippen molar-refractivity contribution in [1.82, 2.24) is 14.9 Å². The number of allylic oxidation sites excluding steroid dienone is 1. The molecule has 1 aliphatic carbocycles. The zero-order chi connectivity index (χ0) is 29.0. The number of carbonyl (C=O) groups excluding carboxylic acids is 2. The van der Waals surface area contributed by atoms with E-state index in [9.17, 15) is 18.4 Å². The Bertz CT molecular complexity index is 1450. The zero-order valence-corrected chi connectivity index (χ0v) is 23.0. The first-order chi connectivity index (χ1) is 19.0. The molecule has 8 nitrogen and oxygen atoms in total. The summed E-state index contributed by atoms with van der Waals surface area (Å²) in [7, 11) is 1.65. The molecule has 0 unspecified atom stereocenters. The Hall–Kier alpha value is -4.34. The minimum Gasteiger partial charge on any atom is -0.486 e. The first-order valence-electron chi connectivity index (χ1n) is 13.1. The molecule has 1 saturated carbocycles. The Balaban J connectivity index is 1.55. The third-order valence-electron chi connectivity index (χ3n) is 6.67. The fraction of sp³-hybridized carbons (Fsp3) is 0.333. The molecule has 0 aliphatic heterocycles. The predicted molar refractivity (Wildman–Crippen MR) is 150 cm³/mol. The number of amides is 2. The molecule has 1 aromatic heterocycles. The summed E-state index contributed by atoms with van der Waals surface area (Å²) in [5, 5.41) is 2.62. The van der Waals surface area contributed by atoms with Gasteiger partial charge in [-0.25, -0.2) is 18.7 Å². The third kappa shape index (κ3) is 6.80. The largest absolute Gasteiger partial charge is 0.486 e. The summed E-state index contributed by atoms with van der Waals surface area (Å²) in [6.45, 7) is 5.96. The summed E-state index contributed by atoms with van der Waals surface area (Å²) < 4.78 is 35.4. The number of nitrogen functional groups attached to an aromatic ring is 1. The van der Waals surface area contributed by atoms with Crippen LogP contribution in [0.2, 0.25) is 0 Å². The number of rotatable bonds is 10. The fourth-order valence-electron chi connectivity index (χ4n) is 4.15. The van der Waals surface area contributed by atoms with Crippen molar-refractivity contribution in [2.45, 2.75) is 39.5 Å². The number of halogens is 2. The van der Waals surface area contributed by atoms with E-state index >= 15 is 0 Å². The molecule has 3 N–H and O–H groups in total. The number of nitrogens with one attached hydrogen (secondary N) is 1. The lowest BCUT2D eigenvalue weighted by Gasteiger charge is -2.19. The van der Waals surface area contributed by atoms with E-state index < -0.39 is 17.5 Å². The number of hydrogen-bond donors (Lipinski definition) is 2. The van der Waals surface area contributed by atoms with Gasteiger partial charge < -0.3 is 20.7 Å². The predicted octanol–water partition coefficient (Wildman–Crippen LogP) is 5.49. The number of ether oxygens (including phenoxy) is 1. The Morgan fingerprint density at radius 3 is 2.62 bits per heavy atom. The van der Waals surface area contributed by atoms with Crippen molar-refractivity contribution in [1.29, 1.82) is 0 Å². The number of nitrogens with zero attached hydrogens (tertiary/aromatic N) is 3. The lowest BCUT2D eigenvalue weighted by Crippen LogP contribution is -2.29. The average molecular weight is 550 g/mol. The maximum absolute atomic E-state index is 14.8. The van der Waals surface area contributed by atoms with E-state index in [2.05, 4.69) is 15.3 Å². The van der Waals surface area contributed by atoms with Crippen LogP contribution in [0.15, 0.2) is 48.8 Å². The van der Waals surface area contributed by atoms with E-state index in [0.29, 0.717) is 17.0 Å². The minimum absolute atomic E-state index is 0.0331. The Morgan fingerprint density at radius 2 is 1.95 bits per heavy atom. The fourth-order valence-corrected chi connectivity index (χ4v) is 4.15. The van der Waals surface area contributed by atoms with Crippen LogP contribution in [0.25, 0.3) is 11.3 Å². The molecule has 2 aromatic carbocycles. The van der Waals surface area contributed by atoms with Gasteiger partial charge in [-0.15, -0.1) is 0 Å². The van der Waals surface area contributed by atoms with Gasteiger partial charge in [-0.05, 0) is 73.1 Å². The van der Waals surface area contributed by atoms with Crippen LogP contribution < -0.4 is 15.8 Å². The average Bonchev–Trinajstić information content (AvgIpc) is 3.75. The highest BCUT2D eigenvalue weighted by molar-refractivity contribution is 6.05. The lowest BCUT2D eigenvalue weighted by molar-refractivity contribution is -0.125. The molecule has 1 fully saturated rings. The lowest BCUT2D eigenvalue weighted by atomic mass is 10.0. The summed E-state index contributed by atoms with van der Waals surface area (Å²) in [5.41, 5.74) is 7.97. The van der Waals surface area contributed by atoms with E-state index in [1.165, 1.54) is 35.5 Å². The van der Waals surface area contributed by atoms with Crippen LogP contribution in [0, 0.1) is 24.5 Å². The highest BCUT2D eigenvalue weighted by Gasteiger charge is 2.25. The summed E-state index contributed by atoms with van der Waals surface area (Å²) in [6.07, 6.45) is 6.57. The first kappa shape index (κ1) is 28.7. The molecular weight excluding hydrogens is 516 g/mol. The molecule has 40 heavy (non-hydrogen) atoms. The molecule has 1 heterocycles. The molecule has 0 spiro atoms. The second-order valence-electron chi connectivity index (χ2n) is 10.2. The number of nitrogens with two attached hydrogens (primary N) is 1. The number of benzene rings is 2. The van der Waals surface area contributed by atoms with Crippen molar-refractivity contribution >= 4 is 23.3 Å². The molecule has 2 amide bonds. The third-order valence-corrected chi connectivity index (χ3v) is 6.67. The van der Waals surface area contributed by atoms with Crippen LogP contribution in [-0.2, 0) is 4.79 Å². The van der Waals surface area contributed by atoms with Crippen molar-refractivity contribution in [3.05, 3.63) is 77.1 Å². The smallest absolute Gasteiger partial charge is 0.258 e. The van der Waals surface area contributed by atoms with Crippen molar-refractivity contribution in [2.75, 3.05) is 31.2 Å². The van der Waals surface area contributed by atoms with Gasteiger partial charge in [0.1, 0.15) is 30.3 Å². The van der Waals surface area contributed by atoms with E-state index in [1.807, 2.05) is 19.9 Å². The van der Waals surface area contributed by atoms with E-state index in [4.69, 9.17) is 10.5 Å². The minimum atomic E-state index is -0.697. The quantitative estimate of drug-likeness (QED) is 0.324. The molecule has 210 valence electrons. The van der Waals surface area contributed by atoms with Crippen LogP contribution in [0.5, 0.6) is 5.75 Å². The van der Waals surface area contributed by atoms with Gasteiger partial charge in [0.15, 0.2) is 11.6 Å². The SMILES string of the molecule is Cc1c(NC(=O)c2ccc(C3CC3)cc2F)cc(F)cc1-c1ncnc(N)c1OCCN(C)C(=O)/C=C/C(C)C. The van der Waals surface area contributed by atoms with Crippen molar-refractivity contribution < 1.29 is 23.1 Å². The normalized spacial score (nSPS) is 13.1. The van der Waals surface area contributed by atoms with Gasteiger partial charge in [-0.3, -0.25) is 9.59 Å². The molecular formula is C30H33F2N5O3. The first-order valence-corrected chi connectivity index (χ1v) is 13.1.